The molecule has 0 amide bonds. The van der Waals surface area contributed by atoms with Gasteiger partial charge in [0, 0.05) is 27.3 Å². The van der Waals surface area contributed by atoms with Crippen LogP contribution >= 0.6 is 0 Å². The summed E-state index contributed by atoms with van der Waals surface area (Å²) in [6.07, 6.45) is 0. The van der Waals surface area contributed by atoms with Crippen molar-refractivity contribution >= 4 is 38.9 Å². The van der Waals surface area contributed by atoms with Crippen LogP contribution in [-0.2, 0) is 5.41 Å². The molecule has 2 heteroatoms. The molecule has 1 aliphatic carbocycles. The van der Waals surface area contributed by atoms with E-state index in [1.807, 2.05) is 0 Å². The number of benzene rings is 9. The monoisotopic (exact) mass is 754 g/mol. The summed E-state index contributed by atoms with van der Waals surface area (Å²) >= 11 is 0. The van der Waals surface area contributed by atoms with Gasteiger partial charge in [-0.05, 0) is 80.9 Å². The van der Waals surface area contributed by atoms with Gasteiger partial charge in [-0.25, -0.2) is 0 Å². The third-order valence-electron chi connectivity index (χ3n) is 12.4. The van der Waals surface area contributed by atoms with E-state index in [9.17, 15) is 0 Å². The van der Waals surface area contributed by atoms with Crippen LogP contribution in [0.4, 0.5) is 17.1 Å². The van der Waals surface area contributed by atoms with Gasteiger partial charge in [0.2, 0.25) is 0 Å². The highest BCUT2D eigenvalue weighted by atomic mass is 15.2. The van der Waals surface area contributed by atoms with E-state index in [2.05, 4.69) is 242 Å². The Balaban J connectivity index is 1.30. The second kappa shape index (κ2) is 13.9. The first kappa shape index (κ1) is 34.8. The van der Waals surface area contributed by atoms with Crippen LogP contribution in [0.3, 0.4) is 0 Å². The predicted octanol–water partition coefficient (Wildman–Crippen LogP) is 15.6. The van der Waals surface area contributed by atoms with Gasteiger partial charge in [-0.1, -0.05) is 196 Å². The van der Waals surface area contributed by atoms with Gasteiger partial charge in [0.25, 0.3) is 0 Å². The number of hydrogen-bond acceptors (Lipinski definition) is 1. The van der Waals surface area contributed by atoms with Gasteiger partial charge >= 0.3 is 0 Å². The largest absolute Gasteiger partial charge is 0.307 e. The molecule has 0 fully saturated rings. The van der Waals surface area contributed by atoms with Crippen LogP contribution in [0.5, 0.6) is 0 Å². The Hall–Kier alpha value is -7.42. The van der Waals surface area contributed by atoms with Gasteiger partial charge in [-0.15, -0.1) is 0 Å². The highest BCUT2D eigenvalue weighted by Gasteiger charge is 2.38. The Labute approximate surface area is 345 Å². The molecule has 0 bridgehead atoms. The number of hydrogen-bond donors (Lipinski definition) is 0. The first-order valence-electron chi connectivity index (χ1n) is 20.5. The van der Waals surface area contributed by atoms with Crippen molar-refractivity contribution in [2.24, 2.45) is 0 Å². The van der Waals surface area contributed by atoms with Crippen molar-refractivity contribution in [3.8, 4) is 50.2 Å². The van der Waals surface area contributed by atoms with Crippen LogP contribution in [0.25, 0.3) is 72.0 Å². The summed E-state index contributed by atoms with van der Waals surface area (Å²) in [5, 5.41) is 2.48. The minimum atomic E-state index is -0.172. The molecular weight excluding hydrogens is 713 g/mol. The molecule has 59 heavy (non-hydrogen) atoms. The first-order chi connectivity index (χ1) is 29.1. The van der Waals surface area contributed by atoms with Crippen LogP contribution in [0.2, 0.25) is 0 Å². The third kappa shape index (κ3) is 5.48. The Morgan fingerprint density at radius 2 is 0.797 bits per heavy atom. The smallest absolute Gasteiger partial charge is 0.0702 e. The van der Waals surface area contributed by atoms with Crippen LogP contribution < -0.4 is 4.90 Å². The van der Waals surface area contributed by atoms with E-state index < -0.39 is 0 Å². The fraction of sp³-hybridized carbons (Fsp3) is 0.0526. The summed E-state index contributed by atoms with van der Waals surface area (Å²) in [7, 11) is 0. The summed E-state index contributed by atoms with van der Waals surface area (Å²) < 4.78 is 2.46. The second-order valence-electron chi connectivity index (χ2n) is 16.0. The molecule has 10 aromatic rings. The number of para-hydroxylation sites is 4. The average Bonchev–Trinajstić information content (AvgIpc) is 3.76. The van der Waals surface area contributed by atoms with E-state index in [0.717, 1.165) is 22.7 Å². The van der Waals surface area contributed by atoms with E-state index >= 15 is 0 Å². The maximum atomic E-state index is 2.57. The number of anilines is 3. The van der Waals surface area contributed by atoms with Crippen LogP contribution in [0.15, 0.2) is 218 Å². The molecule has 280 valence electrons. The molecule has 0 aliphatic heterocycles. The van der Waals surface area contributed by atoms with Crippen molar-refractivity contribution in [3.05, 3.63) is 230 Å². The normalized spacial score (nSPS) is 12.7. The fourth-order valence-electron chi connectivity index (χ4n) is 9.77. The van der Waals surface area contributed by atoms with E-state index in [1.165, 1.54) is 77.4 Å². The molecule has 0 unspecified atom stereocenters. The van der Waals surface area contributed by atoms with Crippen molar-refractivity contribution in [1.82, 2.24) is 4.57 Å². The summed E-state index contributed by atoms with van der Waals surface area (Å²) in [5.74, 6) is 0. The number of fused-ring (bicyclic) bond motifs is 6. The number of rotatable bonds is 7. The molecule has 0 radical (unpaired) electrons. The topological polar surface area (TPSA) is 8.17 Å². The molecule has 1 aromatic heterocycles. The SMILES string of the molecule is CC1(C)c2ccccc2-c2c(N(c3ccccc3-n3c4ccccc4c4ccccc43)c3cccc(-c4ccccc4)c3-c3ccccc3-c3ccccc3)cccc21. The van der Waals surface area contributed by atoms with E-state index in [1.54, 1.807) is 0 Å². The summed E-state index contributed by atoms with van der Waals surface area (Å²) in [6.45, 7) is 4.74. The highest BCUT2D eigenvalue weighted by molar-refractivity contribution is 6.11. The number of aromatic nitrogens is 1. The fourth-order valence-corrected chi connectivity index (χ4v) is 9.77. The summed E-state index contributed by atoms with van der Waals surface area (Å²) in [6, 6.07) is 80.0. The van der Waals surface area contributed by atoms with Crippen molar-refractivity contribution in [2.45, 2.75) is 19.3 Å². The van der Waals surface area contributed by atoms with Gasteiger partial charge < -0.3 is 9.47 Å². The molecule has 0 saturated carbocycles. The molecule has 0 N–H and O–H groups in total. The average molecular weight is 755 g/mol. The lowest BCUT2D eigenvalue weighted by Crippen LogP contribution is -2.17. The summed E-state index contributed by atoms with van der Waals surface area (Å²) in [5.41, 5.74) is 19.0. The van der Waals surface area contributed by atoms with Crippen molar-refractivity contribution in [3.63, 3.8) is 0 Å². The third-order valence-corrected chi connectivity index (χ3v) is 12.4. The number of nitrogens with zero attached hydrogens (tertiary/aromatic N) is 2. The van der Waals surface area contributed by atoms with Crippen LogP contribution in [0, 0.1) is 0 Å². The van der Waals surface area contributed by atoms with Crippen molar-refractivity contribution < 1.29 is 0 Å². The van der Waals surface area contributed by atoms with E-state index in [-0.39, 0.29) is 5.41 Å². The van der Waals surface area contributed by atoms with E-state index in [4.69, 9.17) is 0 Å². The summed E-state index contributed by atoms with van der Waals surface area (Å²) in [4.78, 5) is 2.57. The van der Waals surface area contributed by atoms with E-state index in [0.29, 0.717) is 0 Å². The first-order valence-corrected chi connectivity index (χ1v) is 20.5. The zero-order chi connectivity index (χ0) is 39.5. The molecule has 0 spiro atoms. The zero-order valence-corrected chi connectivity index (χ0v) is 33.2. The standard InChI is InChI=1S/C57H42N2/c1-57(2)47-31-14-11-29-46(47)56-48(57)32-20-38-54(56)59(52-36-18-17-35-51(52)58-49-33-15-12-26-43(49)44-27-13-16-34-50(44)58)53-37-19-30-42(40-23-7-4-8-24-40)55(53)45-28-10-9-25-41(45)39-21-5-3-6-22-39/h3-38H,1-2H3. The van der Waals surface area contributed by atoms with Gasteiger partial charge in [0.05, 0.1) is 33.8 Å². The lowest BCUT2D eigenvalue weighted by molar-refractivity contribution is 0.660. The predicted molar refractivity (Wildman–Crippen MR) is 249 cm³/mol. The lowest BCUT2D eigenvalue weighted by Gasteiger charge is -2.33. The Morgan fingerprint density at radius 1 is 0.339 bits per heavy atom. The van der Waals surface area contributed by atoms with Crippen LogP contribution in [-0.4, -0.2) is 4.57 Å². The zero-order valence-electron chi connectivity index (χ0n) is 33.2. The molecule has 9 aromatic carbocycles. The highest BCUT2D eigenvalue weighted by Crippen LogP contribution is 2.56. The molecule has 0 atom stereocenters. The molecule has 1 aliphatic rings. The molecular formula is C57H42N2. The minimum absolute atomic E-state index is 0.172. The lowest BCUT2D eigenvalue weighted by atomic mass is 9.82. The van der Waals surface area contributed by atoms with Gasteiger partial charge in [0.1, 0.15) is 0 Å². The Kier molecular flexibility index (Phi) is 8.20. The van der Waals surface area contributed by atoms with Gasteiger partial charge in [-0.2, -0.15) is 0 Å². The Bertz CT molecular complexity index is 3140. The molecule has 0 saturated heterocycles. The van der Waals surface area contributed by atoms with Gasteiger partial charge in [-0.3, -0.25) is 0 Å². The van der Waals surface area contributed by atoms with Crippen molar-refractivity contribution in [1.29, 1.82) is 0 Å². The van der Waals surface area contributed by atoms with Crippen molar-refractivity contribution in [2.75, 3.05) is 4.90 Å². The second-order valence-corrected chi connectivity index (χ2v) is 16.0. The quantitative estimate of drug-likeness (QED) is 0.157. The maximum Gasteiger partial charge on any atom is 0.0702 e. The minimum Gasteiger partial charge on any atom is -0.307 e. The molecule has 11 rings (SSSR count). The Morgan fingerprint density at radius 3 is 1.49 bits per heavy atom. The van der Waals surface area contributed by atoms with Gasteiger partial charge in [0.15, 0.2) is 0 Å². The molecule has 1 heterocycles. The maximum absolute atomic E-state index is 2.57. The molecule has 2 nitrogen and oxygen atoms in total. The van der Waals surface area contributed by atoms with Crippen LogP contribution in [0.1, 0.15) is 25.0 Å².